The zero-order valence-corrected chi connectivity index (χ0v) is 16.3. The fourth-order valence-electron chi connectivity index (χ4n) is 3.50. The molecular formula is C20H31N5O2. The van der Waals surface area contributed by atoms with E-state index in [4.69, 9.17) is 4.74 Å². The Labute approximate surface area is 161 Å². The number of ether oxygens (including phenoxy) is 1. The van der Waals surface area contributed by atoms with Gasteiger partial charge in [-0.25, -0.2) is 9.97 Å². The number of hydrogen-bond acceptors (Lipinski definition) is 6. The number of morpholine rings is 1. The number of rotatable bonds is 8. The van der Waals surface area contributed by atoms with Gasteiger partial charge in [-0.2, -0.15) is 0 Å². The van der Waals surface area contributed by atoms with E-state index >= 15 is 0 Å². The first-order chi connectivity index (χ1) is 13.2. The molecule has 0 radical (unpaired) electrons. The van der Waals surface area contributed by atoms with E-state index < -0.39 is 0 Å². The van der Waals surface area contributed by atoms with Gasteiger partial charge < -0.3 is 15.4 Å². The molecule has 1 aliphatic carbocycles. The van der Waals surface area contributed by atoms with Crippen molar-refractivity contribution in [3.63, 3.8) is 0 Å². The van der Waals surface area contributed by atoms with Gasteiger partial charge >= 0.3 is 0 Å². The molecule has 27 heavy (non-hydrogen) atoms. The van der Waals surface area contributed by atoms with Crippen molar-refractivity contribution >= 4 is 11.7 Å². The van der Waals surface area contributed by atoms with Gasteiger partial charge in [0.1, 0.15) is 17.3 Å². The molecular weight excluding hydrogens is 342 g/mol. The van der Waals surface area contributed by atoms with Crippen molar-refractivity contribution in [3.8, 4) is 0 Å². The van der Waals surface area contributed by atoms with Crippen molar-refractivity contribution in [2.45, 2.75) is 39.0 Å². The van der Waals surface area contributed by atoms with Crippen LogP contribution < -0.4 is 10.6 Å². The van der Waals surface area contributed by atoms with Crippen LogP contribution in [-0.4, -0.2) is 66.7 Å². The SMILES string of the molecule is Cc1nc(NCCC2=CCCCC2)cc(C(=O)NCCN2CCOCC2)n1. The quantitative estimate of drug-likeness (QED) is 0.680. The summed E-state index contributed by atoms with van der Waals surface area (Å²) in [7, 11) is 0. The number of carbonyl (C=O) groups excluding carboxylic acids is 1. The summed E-state index contributed by atoms with van der Waals surface area (Å²) in [5, 5.41) is 6.30. The minimum absolute atomic E-state index is 0.146. The molecule has 0 atom stereocenters. The number of amides is 1. The fourth-order valence-corrected chi connectivity index (χ4v) is 3.50. The van der Waals surface area contributed by atoms with Crippen LogP contribution in [0.3, 0.4) is 0 Å². The molecule has 2 heterocycles. The van der Waals surface area contributed by atoms with Gasteiger partial charge in [0.05, 0.1) is 13.2 Å². The molecule has 0 unspecified atom stereocenters. The molecule has 3 rings (SSSR count). The van der Waals surface area contributed by atoms with Gasteiger partial charge in [0.2, 0.25) is 0 Å². The molecule has 1 aromatic heterocycles. The number of hydrogen-bond donors (Lipinski definition) is 2. The van der Waals surface area contributed by atoms with Crippen LogP contribution in [0.5, 0.6) is 0 Å². The molecule has 7 heteroatoms. The first kappa shape index (κ1) is 19.8. The van der Waals surface area contributed by atoms with E-state index in [2.05, 4.69) is 31.6 Å². The van der Waals surface area contributed by atoms with E-state index in [1.807, 2.05) is 6.92 Å². The second-order valence-electron chi connectivity index (χ2n) is 7.18. The number of allylic oxidation sites excluding steroid dienone is 1. The van der Waals surface area contributed by atoms with E-state index in [0.29, 0.717) is 18.1 Å². The summed E-state index contributed by atoms with van der Waals surface area (Å²) in [5.74, 6) is 1.18. The second kappa shape index (κ2) is 10.4. The van der Waals surface area contributed by atoms with Crippen molar-refractivity contribution in [1.82, 2.24) is 20.2 Å². The maximum atomic E-state index is 12.4. The third kappa shape index (κ3) is 6.59. The number of nitrogens with zero attached hydrogens (tertiary/aromatic N) is 3. The Hall–Kier alpha value is -1.99. The Morgan fingerprint density at radius 3 is 2.85 bits per heavy atom. The zero-order chi connectivity index (χ0) is 18.9. The van der Waals surface area contributed by atoms with Crippen molar-refractivity contribution in [3.05, 3.63) is 29.2 Å². The summed E-state index contributed by atoms with van der Waals surface area (Å²) in [6.45, 7) is 7.48. The lowest BCUT2D eigenvalue weighted by Gasteiger charge is -2.26. The third-order valence-electron chi connectivity index (χ3n) is 5.03. The average molecular weight is 374 g/mol. The van der Waals surface area contributed by atoms with E-state index in [0.717, 1.165) is 51.6 Å². The number of anilines is 1. The van der Waals surface area contributed by atoms with Crippen LogP contribution in [0.2, 0.25) is 0 Å². The fraction of sp³-hybridized carbons (Fsp3) is 0.650. The van der Waals surface area contributed by atoms with Crippen LogP contribution in [0, 0.1) is 6.92 Å². The van der Waals surface area contributed by atoms with Gasteiger partial charge in [0.15, 0.2) is 0 Å². The Bertz CT molecular complexity index is 656. The molecule has 0 bridgehead atoms. The lowest BCUT2D eigenvalue weighted by molar-refractivity contribution is 0.0383. The lowest BCUT2D eigenvalue weighted by atomic mass is 9.97. The first-order valence-corrected chi connectivity index (χ1v) is 10.1. The van der Waals surface area contributed by atoms with Crippen molar-refractivity contribution in [2.24, 2.45) is 0 Å². The highest BCUT2D eigenvalue weighted by atomic mass is 16.5. The zero-order valence-electron chi connectivity index (χ0n) is 16.3. The highest BCUT2D eigenvalue weighted by Crippen LogP contribution is 2.20. The Morgan fingerprint density at radius 1 is 1.22 bits per heavy atom. The van der Waals surface area contributed by atoms with Crippen LogP contribution in [0.1, 0.15) is 48.4 Å². The van der Waals surface area contributed by atoms with Crippen LogP contribution in [0.4, 0.5) is 5.82 Å². The molecule has 2 N–H and O–H groups in total. The summed E-state index contributed by atoms with van der Waals surface area (Å²) in [5.41, 5.74) is 1.95. The highest BCUT2D eigenvalue weighted by Gasteiger charge is 2.13. The Balaban J connectivity index is 1.46. The van der Waals surface area contributed by atoms with E-state index in [-0.39, 0.29) is 5.91 Å². The third-order valence-corrected chi connectivity index (χ3v) is 5.03. The van der Waals surface area contributed by atoms with Crippen LogP contribution >= 0.6 is 0 Å². The van der Waals surface area contributed by atoms with Crippen LogP contribution in [0.15, 0.2) is 17.7 Å². The molecule has 0 spiro atoms. The summed E-state index contributed by atoms with van der Waals surface area (Å²) in [6, 6.07) is 1.74. The topological polar surface area (TPSA) is 79.4 Å². The maximum Gasteiger partial charge on any atom is 0.270 e. The van der Waals surface area contributed by atoms with Crippen molar-refractivity contribution in [1.29, 1.82) is 0 Å². The molecule has 0 aromatic carbocycles. The number of nitrogens with one attached hydrogen (secondary N) is 2. The average Bonchev–Trinajstić information content (AvgIpc) is 2.69. The maximum absolute atomic E-state index is 12.4. The predicted octanol–water partition coefficient (Wildman–Crippen LogP) is 2.15. The molecule has 1 amide bonds. The van der Waals surface area contributed by atoms with E-state index in [9.17, 15) is 4.79 Å². The molecule has 1 aliphatic heterocycles. The number of aryl methyl sites for hydroxylation is 1. The van der Waals surface area contributed by atoms with Gasteiger partial charge in [-0.15, -0.1) is 0 Å². The van der Waals surface area contributed by atoms with E-state index in [1.54, 1.807) is 6.07 Å². The monoisotopic (exact) mass is 373 g/mol. The molecule has 148 valence electrons. The molecule has 7 nitrogen and oxygen atoms in total. The number of aromatic nitrogens is 2. The largest absolute Gasteiger partial charge is 0.379 e. The van der Waals surface area contributed by atoms with Crippen LogP contribution in [0.25, 0.3) is 0 Å². The Kier molecular flexibility index (Phi) is 7.59. The van der Waals surface area contributed by atoms with Gasteiger partial charge in [-0.05, 0) is 39.0 Å². The molecule has 1 aromatic rings. The minimum Gasteiger partial charge on any atom is -0.379 e. The predicted molar refractivity (Wildman–Crippen MR) is 106 cm³/mol. The van der Waals surface area contributed by atoms with Gasteiger partial charge in [0, 0.05) is 38.8 Å². The standard InChI is InChI=1S/C20H31N5O2/c1-16-23-18(20(26)22-9-10-25-11-13-27-14-12-25)15-19(24-16)21-8-7-17-5-3-2-4-6-17/h5,15H,2-4,6-14H2,1H3,(H,22,26)(H,21,23,24). The second-order valence-corrected chi connectivity index (χ2v) is 7.18. The van der Waals surface area contributed by atoms with Gasteiger partial charge in [-0.1, -0.05) is 11.6 Å². The molecule has 1 fully saturated rings. The smallest absolute Gasteiger partial charge is 0.270 e. The summed E-state index contributed by atoms with van der Waals surface area (Å²) < 4.78 is 5.34. The Morgan fingerprint density at radius 2 is 2.07 bits per heavy atom. The van der Waals surface area contributed by atoms with Crippen molar-refractivity contribution < 1.29 is 9.53 Å². The lowest BCUT2D eigenvalue weighted by Crippen LogP contribution is -2.41. The summed E-state index contributed by atoms with van der Waals surface area (Å²) in [6.07, 6.45) is 8.42. The van der Waals surface area contributed by atoms with Gasteiger partial charge in [0.25, 0.3) is 5.91 Å². The summed E-state index contributed by atoms with van der Waals surface area (Å²) in [4.78, 5) is 23.4. The summed E-state index contributed by atoms with van der Waals surface area (Å²) >= 11 is 0. The van der Waals surface area contributed by atoms with Crippen molar-refractivity contribution in [2.75, 3.05) is 51.3 Å². The first-order valence-electron chi connectivity index (χ1n) is 10.1. The van der Waals surface area contributed by atoms with Crippen LogP contribution in [-0.2, 0) is 4.74 Å². The van der Waals surface area contributed by atoms with Gasteiger partial charge in [-0.3, -0.25) is 9.69 Å². The minimum atomic E-state index is -0.146. The van der Waals surface area contributed by atoms with E-state index in [1.165, 1.54) is 31.3 Å². The normalized spacial score (nSPS) is 18.0. The molecule has 0 saturated carbocycles. The molecule has 2 aliphatic rings. The highest BCUT2D eigenvalue weighted by molar-refractivity contribution is 5.92. The molecule has 1 saturated heterocycles. The number of carbonyl (C=O) groups is 1.